The summed E-state index contributed by atoms with van der Waals surface area (Å²) in [6.45, 7) is 0. The average molecular weight is 335 g/mol. The quantitative estimate of drug-likeness (QED) is 0.436. The minimum Gasteiger partial charge on any atom is -0.258 e. The number of nitro groups is 1. The Balaban J connectivity index is 3.11. The van der Waals surface area contributed by atoms with Crippen LogP contribution < -0.4 is 0 Å². The molecule has 0 N–H and O–H groups in total. The Bertz CT molecular complexity index is 653. The van der Waals surface area contributed by atoms with E-state index < -0.39 is 10.6 Å². The number of benzene rings is 1. The highest BCUT2D eigenvalue weighted by Gasteiger charge is 2.29. The molecule has 2 rings (SSSR count). The fourth-order valence-corrected chi connectivity index (χ4v) is 2.38. The summed E-state index contributed by atoms with van der Waals surface area (Å²) >= 11 is 28.8. The van der Waals surface area contributed by atoms with E-state index in [1.807, 2.05) is 0 Å². The lowest BCUT2D eigenvalue weighted by molar-refractivity contribution is -0.383. The topological polar surface area (TPSA) is 61.0 Å². The summed E-state index contributed by atoms with van der Waals surface area (Å²) in [4.78, 5) is 14.0. The number of nitro benzene ring substituents is 1. The highest BCUT2D eigenvalue weighted by Crippen LogP contribution is 2.45. The Morgan fingerprint density at radius 1 is 1.12 bits per heavy atom. The normalized spacial score (nSPS) is 11.1. The van der Waals surface area contributed by atoms with Crippen LogP contribution in [0.25, 0.3) is 11.0 Å². The Labute approximate surface area is 119 Å². The van der Waals surface area contributed by atoms with Crippen molar-refractivity contribution >= 4 is 74.9 Å². The van der Waals surface area contributed by atoms with Gasteiger partial charge in [-0.15, -0.1) is 0 Å². The first-order valence-corrected chi connectivity index (χ1v) is 5.76. The predicted octanol–water partition coefficient (Wildman–Crippen LogP) is 4.56. The molecule has 0 aliphatic rings. The molecule has 10 heteroatoms. The third-order valence-electron chi connectivity index (χ3n) is 1.99. The zero-order valence-corrected chi connectivity index (χ0v) is 11.3. The van der Waals surface area contributed by atoms with Crippen LogP contribution in [0.5, 0.6) is 0 Å². The van der Waals surface area contributed by atoms with Gasteiger partial charge in [0.1, 0.15) is 10.5 Å². The van der Waals surface area contributed by atoms with Crippen LogP contribution in [0.2, 0.25) is 20.4 Å². The molecule has 0 bridgehead atoms. The molecule has 0 unspecified atom stereocenters. The van der Waals surface area contributed by atoms with Crippen molar-refractivity contribution in [3.63, 3.8) is 0 Å². The van der Waals surface area contributed by atoms with Crippen LogP contribution in [0.15, 0.2) is 0 Å². The predicted molar refractivity (Wildman–Crippen MR) is 67.7 cm³/mol. The van der Waals surface area contributed by atoms with Crippen molar-refractivity contribution in [2.75, 3.05) is 0 Å². The van der Waals surface area contributed by atoms with Crippen molar-refractivity contribution in [1.29, 1.82) is 0 Å². The fourth-order valence-electron chi connectivity index (χ4n) is 1.31. The van der Waals surface area contributed by atoms with Crippen LogP contribution in [0.3, 0.4) is 0 Å². The van der Waals surface area contributed by atoms with Gasteiger partial charge in [0.15, 0.2) is 5.52 Å². The number of hydrogen-bond acceptors (Lipinski definition) is 3. The summed E-state index contributed by atoms with van der Waals surface area (Å²) in [6, 6.07) is 0. The Morgan fingerprint density at radius 2 is 1.71 bits per heavy atom. The molecule has 0 aliphatic heterocycles. The van der Waals surface area contributed by atoms with E-state index >= 15 is 0 Å². The molecule has 0 fully saturated rings. The molecule has 0 aliphatic carbocycles. The minimum atomic E-state index is -0.732. The first kappa shape index (κ1) is 13.0. The lowest BCUT2D eigenvalue weighted by Crippen LogP contribution is -1.94. The summed E-state index contributed by atoms with van der Waals surface area (Å²) in [5, 5.41) is 10.2. The molecule has 0 amide bonds. The number of imidazole rings is 1. The van der Waals surface area contributed by atoms with E-state index in [1.54, 1.807) is 0 Å². The summed E-state index contributed by atoms with van der Waals surface area (Å²) in [7, 11) is 0. The first-order valence-electron chi connectivity index (χ1n) is 3.91. The van der Waals surface area contributed by atoms with Gasteiger partial charge in [-0.25, -0.2) is 9.07 Å². The second-order valence-corrected chi connectivity index (χ2v) is 4.72. The number of aromatic nitrogens is 2. The van der Waals surface area contributed by atoms with Crippen LogP contribution in [-0.2, 0) is 0 Å². The van der Waals surface area contributed by atoms with Crippen molar-refractivity contribution in [3.05, 3.63) is 30.5 Å². The third-order valence-corrected chi connectivity index (χ3v) is 3.97. The van der Waals surface area contributed by atoms with Crippen molar-refractivity contribution in [1.82, 2.24) is 9.07 Å². The van der Waals surface area contributed by atoms with E-state index in [0.29, 0.717) is 0 Å². The second-order valence-electron chi connectivity index (χ2n) is 2.91. The van der Waals surface area contributed by atoms with Crippen molar-refractivity contribution in [3.8, 4) is 0 Å². The number of rotatable bonds is 1. The van der Waals surface area contributed by atoms with E-state index in [-0.39, 0.29) is 31.4 Å². The van der Waals surface area contributed by atoms with E-state index in [9.17, 15) is 10.1 Å². The maximum absolute atomic E-state index is 10.9. The summed E-state index contributed by atoms with van der Waals surface area (Å²) in [5.41, 5.74) is -0.570. The maximum atomic E-state index is 10.9. The molecule has 17 heavy (non-hydrogen) atoms. The van der Waals surface area contributed by atoms with Gasteiger partial charge in [0.25, 0.3) is 0 Å². The van der Waals surface area contributed by atoms with Crippen LogP contribution >= 0.6 is 58.2 Å². The summed E-state index contributed by atoms with van der Waals surface area (Å²) in [6.07, 6.45) is 0. The van der Waals surface area contributed by atoms with E-state index in [0.717, 1.165) is 4.09 Å². The van der Waals surface area contributed by atoms with Crippen molar-refractivity contribution in [2.45, 2.75) is 0 Å². The lowest BCUT2D eigenvalue weighted by atomic mass is 10.2. The molecule has 0 saturated carbocycles. The molecule has 1 aromatic heterocycles. The van der Waals surface area contributed by atoms with Gasteiger partial charge in [0.2, 0.25) is 5.28 Å². The number of halogens is 5. The molecule has 5 nitrogen and oxygen atoms in total. The average Bonchev–Trinajstić information content (AvgIpc) is 2.54. The fraction of sp³-hybridized carbons (Fsp3) is 0. The molecule has 1 aromatic carbocycles. The van der Waals surface area contributed by atoms with Gasteiger partial charge in [0, 0.05) is 11.8 Å². The molecule has 0 spiro atoms. The monoisotopic (exact) mass is 333 g/mol. The van der Waals surface area contributed by atoms with Crippen LogP contribution in [-0.4, -0.2) is 14.0 Å². The molecule has 90 valence electrons. The molecule has 1 heterocycles. The van der Waals surface area contributed by atoms with E-state index in [1.165, 1.54) is 0 Å². The molecule has 0 atom stereocenters. The van der Waals surface area contributed by atoms with E-state index in [2.05, 4.69) is 4.98 Å². The number of fused-ring (bicyclic) bond motifs is 1. The van der Waals surface area contributed by atoms with Gasteiger partial charge in [-0.2, -0.15) is 0 Å². The molecule has 0 saturated heterocycles. The van der Waals surface area contributed by atoms with Crippen LogP contribution in [0.1, 0.15) is 0 Å². The van der Waals surface area contributed by atoms with Gasteiger partial charge in [-0.1, -0.05) is 34.8 Å². The van der Waals surface area contributed by atoms with Crippen LogP contribution in [0.4, 0.5) is 5.69 Å². The van der Waals surface area contributed by atoms with Gasteiger partial charge in [0.05, 0.1) is 15.0 Å². The highest BCUT2D eigenvalue weighted by molar-refractivity contribution is 6.52. The minimum absolute atomic E-state index is 0.0211. The molecule has 0 radical (unpaired) electrons. The second kappa shape index (κ2) is 4.33. The van der Waals surface area contributed by atoms with Gasteiger partial charge < -0.3 is 0 Å². The number of nitrogens with zero attached hydrogens (tertiary/aromatic N) is 3. The van der Waals surface area contributed by atoms with Crippen LogP contribution in [0, 0.1) is 10.1 Å². The van der Waals surface area contributed by atoms with Gasteiger partial charge in [-0.05, 0) is 11.6 Å². The lowest BCUT2D eigenvalue weighted by Gasteiger charge is -2.02. The van der Waals surface area contributed by atoms with Crippen molar-refractivity contribution < 1.29 is 4.92 Å². The van der Waals surface area contributed by atoms with Gasteiger partial charge in [-0.3, -0.25) is 10.1 Å². The zero-order chi connectivity index (χ0) is 12.9. The maximum Gasteiger partial charge on any atom is 0.316 e. The Kier molecular flexibility index (Phi) is 3.31. The summed E-state index contributed by atoms with van der Waals surface area (Å²) in [5.74, 6) is 0. The van der Waals surface area contributed by atoms with E-state index in [4.69, 9.17) is 58.2 Å². The molecular formula is C7Cl5N3O2. The zero-order valence-electron chi connectivity index (χ0n) is 7.55. The molecular weight excluding hydrogens is 335 g/mol. The Morgan fingerprint density at radius 3 is 2.24 bits per heavy atom. The molecule has 2 aromatic rings. The highest BCUT2D eigenvalue weighted by atomic mass is 35.5. The van der Waals surface area contributed by atoms with Gasteiger partial charge >= 0.3 is 5.69 Å². The number of hydrogen-bond donors (Lipinski definition) is 0. The smallest absolute Gasteiger partial charge is 0.258 e. The SMILES string of the molecule is O=[N+]([O-])c1c(Cl)c(Cl)c(Cl)c2nc(Cl)n(Cl)c12. The standard InChI is InChI=1S/C7Cl5N3O2/c8-1-2(9)4-6(14(12)7(11)13-4)5(3(1)10)15(16)17. The first-order chi connectivity index (χ1) is 7.86. The third kappa shape index (κ3) is 1.82. The Hall–Kier alpha value is -0.460. The van der Waals surface area contributed by atoms with Crippen molar-refractivity contribution in [2.24, 2.45) is 0 Å². The summed E-state index contributed by atoms with van der Waals surface area (Å²) < 4.78 is 0.795. The largest absolute Gasteiger partial charge is 0.316 e.